The molecule has 0 radical (unpaired) electrons. The van der Waals surface area contributed by atoms with Crippen molar-refractivity contribution in [1.82, 2.24) is 5.43 Å². The highest BCUT2D eigenvalue weighted by Gasteiger charge is 1.97. The molecule has 0 aromatic heterocycles. The maximum absolute atomic E-state index is 5.27. The summed E-state index contributed by atoms with van der Waals surface area (Å²) in [6, 6.07) is 8.02. The molecule has 64 valence electrons. The molecule has 12 heavy (non-hydrogen) atoms. The maximum atomic E-state index is 5.27. The molecule has 0 aliphatic rings. The lowest BCUT2D eigenvalue weighted by atomic mass is 10.1. The SMILES string of the molecule is CN=C(NN)c1ccc(C)cc1. The molecule has 1 aromatic carbocycles. The van der Waals surface area contributed by atoms with Gasteiger partial charge in [-0.15, -0.1) is 0 Å². The number of hydrogen-bond donors (Lipinski definition) is 2. The second-order valence-corrected chi connectivity index (χ2v) is 2.58. The smallest absolute Gasteiger partial charge is 0.142 e. The van der Waals surface area contributed by atoms with Crippen molar-refractivity contribution in [3.05, 3.63) is 35.4 Å². The average molecular weight is 163 g/mol. The monoisotopic (exact) mass is 163 g/mol. The number of hydrogen-bond acceptors (Lipinski definition) is 2. The first-order valence-electron chi connectivity index (χ1n) is 3.78. The first-order valence-corrected chi connectivity index (χ1v) is 3.78. The molecule has 0 bridgehead atoms. The fraction of sp³-hybridized carbons (Fsp3) is 0.222. The summed E-state index contributed by atoms with van der Waals surface area (Å²) in [6.45, 7) is 2.04. The van der Waals surface area contributed by atoms with Gasteiger partial charge < -0.3 is 5.43 Å². The second-order valence-electron chi connectivity index (χ2n) is 2.58. The molecule has 0 saturated heterocycles. The van der Waals surface area contributed by atoms with Gasteiger partial charge in [0, 0.05) is 12.6 Å². The maximum Gasteiger partial charge on any atom is 0.142 e. The normalized spacial score (nSPS) is 11.4. The van der Waals surface area contributed by atoms with Gasteiger partial charge in [0.05, 0.1) is 0 Å². The van der Waals surface area contributed by atoms with Gasteiger partial charge in [-0.2, -0.15) is 0 Å². The lowest BCUT2D eigenvalue weighted by Gasteiger charge is -2.03. The standard InChI is InChI=1S/C9H13N3/c1-7-3-5-8(6-4-7)9(11-2)12-10/h3-6H,10H2,1-2H3,(H,11,12). The molecule has 1 rings (SSSR count). The van der Waals surface area contributed by atoms with Gasteiger partial charge >= 0.3 is 0 Å². The van der Waals surface area contributed by atoms with E-state index >= 15 is 0 Å². The summed E-state index contributed by atoms with van der Waals surface area (Å²) in [6.07, 6.45) is 0. The van der Waals surface area contributed by atoms with Crippen LogP contribution in [0.25, 0.3) is 0 Å². The topological polar surface area (TPSA) is 50.4 Å². The number of hydrazine groups is 1. The van der Waals surface area contributed by atoms with E-state index < -0.39 is 0 Å². The van der Waals surface area contributed by atoms with E-state index in [9.17, 15) is 0 Å². The molecule has 0 unspecified atom stereocenters. The number of benzene rings is 1. The molecule has 3 nitrogen and oxygen atoms in total. The van der Waals surface area contributed by atoms with Crippen LogP contribution in [-0.4, -0.2) is 12.9 Å². The summed E-state index contributed by atoms with van der Waals surface area (Å²) in [5, 5.41) is 0. The van der Waals surface area contributed by atoms with Gasteiger partial charge in [-0.1, -0.05) is 29.8 Å². The number of rotatable bonds is 1. The Bertz CT molecular complexity index is 274. The summed E-state index contributed by atoms with van der Waals surface area (Å²) in [5.41, 5.74) is 4.77. The van der Waals surface area contributed by atoms with Crippen molar-refractivity contribution < 1.29 is 0 Å². The third kappa shape index (κ3) is 1.83. The minimum Gasteiger partial charge on any atom is -0.308 e. The Balaban J connectivity index is 2.96. The largest absolute Gasteiger partial charge is 0.308 e. The molecule has 1 aromatic rings. The number of aryl methyl sites for hydroxylation is 1. The average Bonchev–Trinajstić information content (AvgIpc) is 2.10. The Morgan fingerprint density at radius 2 is 1.92 bits per heavy atom. The summed E-state index contributed by atoms with van der Waals surface area (Å²) in [5.74, 6) is 5.98. The van der Waals surface area contributed by atoms with E-state index in [2.05, 4.69) is 10.4 Å². The number of amidine groups is 1. The predicted molar refractivity (Wildman–Crippen MR) is 51.0 cm³/mol. The van der Waals surface area contributed by atoms with Crippen molar-refractivity contribution in [2.45, 2.75) is 6.92 Å². The Morgan fingerprint density at radius 3 is 2.33 bits per heavy atom. The van der Waals surface area contributed by atoms with E-state index in [4.69, 9.17) is 5.84 Å². The van der Waals surface area contributed by atoms with Crippen LogP contribution >= 0.6 is 0 Å². The minimum absolute atomic E-state index is 0.704. The third-order valence-corrected chi connectivity index (χ3v) is 1.69. The van der Waals surface area contributed by atoms with Crippen molar-refractivity contribution in [3.63, 3.8) is 0 Å². The van der Waals surface area contributed by atoms with Crippen molar-refractivity contribution in [2.24, 2.45) is 10.8 Å². The van der Waals surface area contributed by atoms with Crippen LogP contribution in [0.4, 0.5) is 0 Å². The van der Waals surface area contributed by atoms with Gasteiger partial charge in [-0.25, -0.2) is 5.84 Å². The number of aliphatic imine (C=N–C) groups is 1. The van der Waals surface area contributed by atoms with E-state index in [0.29, 0.717) is 5.84 Å². The quantitative estimate of drug-likeness (QED) is 0.279. The van der Waals surface area contributed by atoms with Crippen LogP contribution in [0, 0.1) is 6.92 Å². The van der Waals surface area contributed by atoms with Crippen molar-refractivity contribution in [3.8, 4) is 0 Å². The summed E-state index contributed by atoms with van der Waals surface area (Å²) < 4.78 is 0. The van der Waals surface area contributed by atoms with E-state index in [1.165, 1.54) is 5.56 Å². The zero-order valence-electron chi connectivity index (χ0n) is 7.33. The number of nitrogens with zero attached hydrogens (tertiary/aromatic N) is 1. The number of nitrogens with one attached hydrogen (secondary N) is 1. The summed E-state index contributed by atoms with van der Waals surface area (Å²) in [4.78, 5) is 3.99. The van der Waals surface area contributed by atoms with E-state index in [-0.39, 0.29) is 0 Å². The van der Waals surface area contributed by atoms with E-state index in [0.717, 1.165) is 5.56 Å². The molecule has 3 heteroatoms. The molecule has 0 spiro atoms. The molecule has 0 fully saturated rings. The predicted octanol–water partition coefficient (Wildman–Crippen LogP) is 0.835. The highest BCUT2D eigenvalue weighted by Crippen LogP contribution is 2.02. The van der Waals surface area contributed by atoms with Crippen LogP contribution in [0.5, 0.6) is 0 Å². The second kappa shape index (κ2) is 3.88. The lowest BCUT2D eigenvalue weighted by Crippen LogP contribution is -2.30. The highest BCUT2D eigenvalue weighted by atomic mass is 15.2. The lowest BCUT2D eigenvalue weighted by molar-refractivity contribution is 1.02. The highest BCUT2D eigenvalue weighted by molar-refractivity contribution is 5.98. The Kier molecular flexibility index (Phi) is 2.82. The van der Waals surface area contributed by atoms with Gasteiger partial charge in [-0.05, 0) is 6.92 Å². The van der Waals surface area contributed by atoms with Gasteiger partial charge in [0.2, 0.25) is 0 Å². The molecule has 0 aliphatic carbocycles. The fourth-order valence-electron chi connectivity index (χ4n) is 0.988. The minimum atomic E-state index is 0.704. The molecule has 0 amide bonds. The van der Waals surface area contributed by atoms with Gasteiger partial charge in [0.25, 0.3) is 0 Å². The first-order chi connectivity index (χ1) is 5.77. The molecular weight excluding hydrogens is 150 g/mol. The zero-order chi connectivity index (χ0) is 8.97. The van der Waals surface area contributed by atoms with Crippen LogP contribution in [0.3, 0.4) is 0 Å². The van der Waals surface area contributed by atoms with Crippen molar-refractivity contribution in [1.29, 1.82) is 0 Å². The molecule has 0 atom stereocenters. The Morgan fingerprint density at radius 1 is 1.33 bits per heavy atom. The van der Waals surface area contributed by atoms with Crippen LogP contribution in [0.2, 0.25) is 0 Å². The van der Waals surface area contributed by atoms with Crippen molar-refractivity contribution >= 4 is 5.84 Å². The van der Waals surface area contributed by atoms with Gasteiger partial charge in [-0.3, -0.25) is 4.99 Å². The molecule has 3 N–H and O–H groups in total. The molecule has 0 heterocycles. The summed E-state index contributed by atoms with van der Waals surface area (Å²) >= 11 is 0. The summed E-state index contributed by atoms with van der Waals surface area (Å²) in [7, 11) is 1.70. The molecule has 0 aliphatic heterocycles. The van der Waals surface area contributed by atoms with Gasteiger partial charge in [0.1, 0.15) is 5.84 Å². The fourth-order valence-corrected chi connectivity index (χ4v) is 0.988. The third-order valence-electron chi connectivity index (χ3n) is 1.69. The zero-order valence-corrected chi connectivity index (χ0v) is 7.33. The Hall–Kier alpha value is -1.35. The van der Waals surface area contributed by atoms with Crippen molar-refractivity contribution in [2.75, 3.05) is 7.05 Å². The molecule has 0 saturated carbocycles. The van der Waals surface area contributed by atoms with Crippen LogP contribution in [-0.2, 0) is 0 Å². The van der Waals surface area contributed by atoms with E-state index in [1.807, 2.05) is 31.2 Å². The first kappa shape index (κ1) is 8.74. The molecular formula is C9H13N3. The van der Waals surface area contributed by atoms with Gasteiger partial charge in [0.15, 0.2) is 0 Å². The van der Waals surface area contributed by atoms with Crippen LogP contribution in [0.15, 0.2) is 29.3 Å². The van der Waals surface area contributed by atoms with Crippen LogP contribution < -0.4 is 11.3 Å². The van der Waals surface area contributed by atoms with Crippen LogP contribution in [0.1, 0.15) is 11.1 Å². The number of nitrogens with two attached hydrogens (primary N) is 1. The van der Waals surface area contributed by atoms with E-state index in [1.54, 1.807) is 7.05 Å². The Labute approximate surface area is 72.3 Å².